The number of rotatable bonds is 7. The molecule has 5 aliphatic carbocycles. The van der Waals surface area contributed by atoms with Crippen molar-refractivity contribution in [3.63, 3.8) is 0 Å². The van der Waals surface area contributed by atoms with Crippen LogP contribution in [-0.4, -0.2) is 41.3 Å². The summed E-state index contributed by atoms with van der Waals surface area (Å²) in [6.07, 6.45) is 13.7. The maximum absolute atomic E-state index is 13.9. The van der Waals surface area contributed by atoms with Crippen molar-refractivity contribution in [3.8, 4) is 5.75 Å². The Morgan fingerprint density at radius 3 is 2.38 bits per heavy atom. The average Bonchev–Trinajstić information content (AvgIpc) is 3.00. The number of hydrogen-bond acceptors (Lipinski definition) is 4. The molecule has 1 amide bonds. The number of amides is 1. The van der Waals surface area contributed by atoms with Crippen LogP contribution in [0.5, 0.6) is 5.75 Å². The summed E-state index contributed by atoms with van der Waals surface area (Å²) in [4.78, 5) is 26.3. The SMILES string of the molecule is COc1cccc(CC(NC(=O)C[C@]23CCC(C)(C)C[C@H]2C2=CC[C@@H]4[C@@]5(C)CC[C@H](O)C(C)(C)[C@@H]5CC[C@@]4(C)[C@]2(C)CC3)C(=O)O)c1. The van der Waals surface area contributed by atoms with Gasteiger partial charge < -0.3 is 20.3 Å². The maximum Gasteiger partial charge on any atom is 0.326 e. The van der Waals surface area contributed by atoms with Crippen LogP contribution in [0.2, 0.25) is 0 Å². The first-order valence-corrected chi connectivity index (χ1v) is 18.4. The van der Waals surface area contributed by atoms with E-state index in [-0.39, 0.29) is 50.9 Å². The Balaban J connectivity index is 1.29. The normalized spacial score (nSPS) is 40.7. The first-order valence-electron chi connectivity index (χ1n) is 18.4. The van der Waals surface area contributed by atoms with Crippen molar-refractivity contribution >= 4 is 11.9 Å². The average molecular weight is 648 g/mol. The van der Waals surface area contributed by atoms with Crippen LogP contribution in [-0.2, 0) is 16.0 Å². The number of aliphatic carboxylic acids is 1. The number of carbonyl (C=O) groups is 2. The fourth-order valence-corrected chi connectivity index (χ4v) is 12.5. The highest BCUT2D eigenvalue weighted by Gasteiger charge is 2.68. The third kappa shape index (κ3) is 5.47. The zero-order valence-corrected chi connectivity index (χ0v) is 30.4. The van der Waals surface area contributed by atoms with Gasteiger partial charge in [-0.1, -0.05) is 72.2 Å². The van der Waals surface area contributed by atoms with E-state index in [4.69, 9.17) is 4.74 Å². The molecule has 0 heterocycles. The minimum absolute atomic E-state index is 0.0674. The highest BCUT2D eigenvalue weighted by molar-refractivity contribution is 5.84. The Hall–Kier alpha value is -2.34. The molecule has 1 aromatic carbocycles. The van der Waals surface area contributed by atoms with Crippen molar-refractivity contribution in [2.24, 2.45) is 50.2 Å². The molecule has 3 N–H and O–H groups in total. The first-order chi connectivity index (χ1) is 21.9. The van der Waals surface area contributed by atoms with Gasteiger partial charge in [-0.25, -0.2) is 4.79 Å². The molecule has 4 fully saturated rings. The molecule has 4 saturated carbocycles. The van der Waals surface area contributed by atoms with Gasteiger partial charge >= 0.3 is 5.97 Å². The van der Waals surface area contributed by atoms with Crippen LogP contribution in [0.4, 0.5) is 0 Å². The molecule has 9 atom stereocenters. The molecule has 0 radical (unpaired) electrons. The number of aliphatic hydroxyl groups excluding tert-OH is 1. The zero-order chi connectivity index (χ0) is 34.2. The third-order valence-corrected chi connectivity index (χ3v) is 15.5. The standard InChI is InChI=1S/C41H61NO5/c1-36(2)18-20-41(25-34(44)42-30(35(45)46)23-26-10-9-11-27(22-26)47-8)21-19-39(6)28(29(41)24-36)12-13-32-38(5)16-15-33(43)37(3,4)31(38)14-17-40(32,39)7/h9-12,22,29-33,43H,13-21,23-25H2,1-8H3,(H,42,44)(H,45,46)/t29-,30?,31-,32+,33-,38-,39+,40+,41+/m0/s1. The van der Waals surface area contributed by atoms with Gasteiger partial charge in [-0.2, -0.15) is 0 Å². The second kappa shape index (κ2) is 11.6. The Kier molecular flexibility index (Phi) is 8.54. The van der Waals surface area contributed by atoms with Gasteiger partial charge in [-0.15, -0.1) is 0 Å². The van der Waals surface area contributed by atoms with Crippen molar-refractivity contribution < 1.29 is 24.5 Å². The Morgan fingerprint density at radius 2 is 1.68 bits per heavy atom. The fraction of sp³-hybridized carbons (Fsp3) is 0.756. The molecule has 0 saturated heterocycles. The number of carboxylic acid groups (broad SMARTS) is 1. The van der Waals surface area contributed by atoms with E-state index in [1.54, 1.807) is 12.7 Å². The van der Waals surface area contributed by atoms with E-state index in [0.717, 1.165) is 56.9 Å². The number of carbonyl (C=O) groups excluding carboxylic acids is 1. The lowest BCUT2D eigenvalue weighted by Crippen LogP contribution is -2.64. The van der Waals surface area contributed by atoms with E-state index in [2.05, 4.69) is 59.9 Å². The number of fused-ring (bicyclic) bond motifs is 7. The Morgan fingerprint density at radius 1 is 0.957 bits per heavy atom. The summed E-state index contributed by atoms with van der Waals surface area (Å²) in [6.45, 7) is 17.1. The van der Waals surface area contributed by atoms with E-state index in [0.29, 0.717) is 29.9 Å². The van der Waals surface area contributed by atoms with Crippen LogP contribution in [0.1, 0.15) is 125 Å². The van der Waals surface area contributed by atoms with Gasteiger partial charge in [0.1, 0.15) is 11.8 Å². The second-order valence-electron chi connectivity index (χ2n) is 18.6. The molecule has 0 bridgehead atoms. The van der Waals surface area contributed by atoms with Gasteiger partial charge in [-0.3, -0.25) is 4.79 Å². The number of carboxylic acids is 1. The summed E-state index contributed by atoms with van der Waals surface area (Å²) in [5.74, 6) is 0.964. The topological polar surface area (TPSA) is 95.9 Å². The number of methoxy groups -OCH3 is 1. The summed E-state index contributed by atoms with van der Waals surface area (Å²) < 4.78 is 5.34. The molecule has 6 heteroatoms. The van der Waals surface area contributed by atoms with E-state index in [9.17, 15) is 19.8 Å². The van der Waals surface area contributed by atoms with Crippen LogP contribution >= 0.6 is 0 Å². The van der Waals surface area contributed by atoms with Crippen LogP contribution in [0.15, 0.2) is 35.9 Å². The summed E-state index contributed by atoms with van der Waals surface area (Å²) in [5, 5.41) is 24.1. The van der Waals surface area contributed by atoms with E-state index in [1.807, 2.05) is 24.3 Å². The molecule has 0 aliphatic heterocycles. The molecule has 1 unspecified atom stereocenters. The van der Waals surface area contributed by atoms with Crippen molar-refractivity contribution in [2.75, 3.05) is 7.11 Å². The van der Waals surface area contributed by atoms with Gasteiger partial charge in [0.25, 0.3) is 0 Å². The maximum atomic E-state index is 13.9. The Bertz CT molecular complexity index is 1430. The molecule has 6 rings (SSSR count). The molecule has 0 aromatic heterocycles. The predicted octanol–water partition coefficient (Wildman–Crippen LogP) is 8.36. The molecule has 6 nitrogen and oxygen atoms in total. The predicted molar refractivity (Wildman–Crippen MR) is 186 cm³/mol. The molecule has 1 aromatic rings. The second-order valence-corrected chi connectivity index (χ2v) is 18.6. The Labute approximate surface area is 283 Å². The van der Waals surface area contributed by atoms with Crippen LogP contribution in [0.3, 0.4) is 0 Å². The number of ether oxygens (including phenoxy) is 1. The molecule has 260 valence electrons. The van der Waals surface area contributed by atoms with Crippen LogP contribution in [0, 0.1) is 50.2 Å². The molecule has 47 heavy (non-hydrogen) atoms. The van der Waals surface area contributed by atoms with Gasteiger partial charge in [0.15, 0.2) is 0 Å². The number of nitrogens with one attached hydrogen (secondary N) is 1. The van der Waals surface area contributed by atoms with E-state index in [1.165, 1.54) is 12.8 Å². The van der Waals surface area contributed by atoms with Crippen LogP contribution < -0.4 is 10.1 Å². The number of benzene rings is 1. The molecule has 5 aliphatic rings. The quantitative estimate of drug-likeness (QED) is 0.259. The lowest BCUT2D eigenvalue weighted by atomic mass is 9.33. The zero-order valence-electron chi connectivity index (χ0n) is 30.4. The van der Waals surface area contributed by atoms with Gasteiger partial charge in [0.2, 0.25) is 5.91 Å². The minimum atomic E-state index is -1.01. The van der Waals surface area contributed by atoms with Crippen molar-refractivity contribution in [3.05, 3.63) is 41.5 Å². The molecule has 0 spiro atoms. The lowest BCUT2D eigenvalue weighted by Gasteiger charge is -2.71. The number of allylic oxidation sites excluding steroid dienone is 2. The smallest absolute Gasteiger partial charge is 0.326 e. The molecular formula is C41H61NO5. The van der Waals surface area contributed by atoms with Gasteiger partial charge in [-0.05, 0) is 132 Å². The highest BCUT2D eigenvalue weighted by Crippen LogP contribution is 2.76. The van der Waals surface area contributed by atoms with Gasteiger partial charge in [0.05, 0.1) is 13.2 Å². The van der Waals surface area contributed by atoms with E-state index < -0.39 is 12.0 Å². The highest BCUT2D eigenvalue weighted by atomic mass is 16.5. The summed E-state index contributed by atoms with van der Waals surface area (Å²) >= 11 is 0. The first kappa shape index (κ1) is 34.5. The third-order valence-electron chi connectivity index (χ3n) is 15.5. The minimum Gasteiger partial charge on any atom is -0.497 e. The van der Waals surface area contributed by atoms with E-state index >= 15 is 0 Å². The largest absolute Gasteiger partial charge is 0.497 e. The summed E-state index contributed by atoms with van der Waals surface area (Å²) in [7, 11) is 1.60. The monoisotopic (exact) mass is 647 g/mol. The van der Waals surface area contributed by atoms with Crippen LogP contribution in [0.25, 0.3) is 0 Å². The number of aliphatic hydroxyl groups is 1. The van der Waals surface area contributed by atoms with Gasteiger partial charge in [0, 0.05) is 12.8 Å². The van der Waals surface area contributed by atoms with Crippen molar-refractivity contribution in [2.45, 2.75) is 138 Å². The van der Waals surface area contributed by atoms with Crippen molar-refractivity contribution in [1.82, 2.24) is 5.32 Å². The lowest BCUT2D eigenvalue weighted by molar-refractivity contribution is -0.203. The summed E-state index contributed by atoms with van der Waals surface area (Å²) in [5.41, 5.74) is 2.86. The summed E-state index contributed by atoms with van der Waals surface area (Å²) in [6, 6.07) is 6.44. The number of hydrogen-bond donors (Lipinski definition) is 3. The van der Waals surface area contributed by atoms with Crippen molar-refractivity contribution in [1.29, 1.82) is 0 Å². The fourth-order valence-electron chi connectivity index (χ4n) is 12.5. The molecular weight excluding hydrogens is 586 g/mol.